The molecule has 0 bridgehead atoms. The van der Waals surface area contributed by atoms with E-state index < -0.39 is 5.97 Å². The van der Waals surface area contributed by atoms with Crippen molar-refractivity contribution in [2.45, 2.75) is 29.9 Å². The Bertz CT molecular complexity index is 759. The zero-order chi connectivity index (χ0) is 19.1. The SMILES string of the molecule is CC(Sc1ccccc1)C(=O)OCC(=O)Nc1ccc(N2CCCC2)cc1. The maximum Gasteiger partial charge on any atom is 0.319 e. The topological polar surface area (TPSA) is 58.6 Å². The van der Waals surface area contributed by atoms with E-state index in [1.165, 1.54) is 30.3 Å². The molecule has 0 aliphatic carbocycles. The van der Waals surface area contributed by atoms with Crippen molar-refractivity contribution in [1.82, 2.24) is 0 Å². The molecular formula is C21H24N2O3S. The van der Waals surface area contributed by atoms with Crippen LogP contribution in [0.4, 0.5) is 11.4 Å². The van der Waals surface area contributed by atoms with Gasteiger partial charge in [-0.3, -0.25) is 9.59 Å². The predicted octanol–water partition coefficient (Wildman–Crippen LogP) is 3.95. The van der Waals surface area contributed by atoms with E-state index in [2.05, 4.69) is 10.2 Å². The van der Waals surface area contributed by atoms with Gasteiger partial charge in [0.1, 0.15) is 5.25 Å². The minimum atomic E-state index is -0.400. The van der Waals surface area contributed by atoms with Crippen LogP contribution >= 0.6 is 11.8 Å². The van der Waals surface area contributed by atoms with E-state index in [1.807, 2.05) is 54.6 Å². The molecule has 0 spiro atoms. The molecule has 3 rings (SSSR count). The van der Waals surface area contributed by atoms with Crippen molar-refractivity contribution in [2.24, 2.45) is 0 Å². The van der Waals surface area contributed by atoms with Crippen molar-refractivity contribution < 1.29 is 14.3 Å². The number of benzene rings is 2. The highest BCUT2D eigenvalue weighted by atomic mass is 32.2. The normalized spacial score (nSPS) is 14.6. The molecule has 0 radical (unpaired) electrons. The summed E-state index contributed by atoms with van der Waals surface area (Å²) in [5, 5.41) is 2.39. The minimum Gasteiger partial charge on any atom is -0.455 e. The lowest BCUT2D eigenvalue weighted by Gasteiger charge is -2.17. The predicted molar refractivity (Wildman–Crippen MR) is 109 cm³/mol. The van der Waals surface area contributed by atoms with Crippen molar-refractivity contribution in [2.75, 3.05) is 29.9 Å². The van der Waals surface area contributed by atoms with E-state index >= 15 is 0 Å². The lowest BCUT2D eigenvalue weighted by Crippen LogP contribution is -2.24. The fraction of sp³-hybridized carbons (Fsp3) is 0.333. The summed E-state index contributed by atoms with van der Waals surface area (Å²) in [6.45, 7) is 3.66. The zero-order valence-corrected chi connectivity index (χ0v) is 16.2. The van der Waals surface area contributed by atoms with E-state index in [4.69, 9.17) is 4.74 Å². The van der Waals surface area contributed by atoms with Gasteiger partial charge in [-0.05, 0) is 56.2 Å². The fourth-order valence-electron chi connectivity index (χ4n) is 2.93. The lowest BCUT2D eigenvalue weighted by molar-refractivity contribution is -0.146. The molecule has 1 atom stereocenters. The van der Waals surface area contributed by atoms with Gasteiger partial charge in [0, 0.05) is 29.4 Å². The number of thioether (sulfide) groups is 1. The van der Waals surface area contributed by atoms with Gasteiger partial charge in [-0.2, -0.15) is 0 Å². The molecule has 1 aliphatic rings. The molecule has 1 unspecified atom stereocenters. The summed E-state index contributed by atoms with van der Waals surface area (Å²) in [6.07, 6.45) is 2.45. The van der Waals surface area contributed by atoms with Gasteiger partial charge in [0.05, 0.1) is 0 Å². The number of hydrogen-bond donors (Lipinski definition) is 1. The number of rotatable bonds is 7. The third kappa shape index (κ3) is 5.76. The molecule has 1 fully saturated rings. The summed E-state index contributed by atoms with van der Waals surface area (Å²) >= 11 is 1.41. The Balaban J connectivity index is 1.42. The third-order valence-corrected chi connectivity index (χ3v) is 5.45. The number of nitrogens with zero attached hydrogens (tertiary/aromatic N) is 1. The van der Waals surface area contributed by atoms with Crippen molar-refractivity contribution in [3.05, 3.63) is 54.6 Å². The number of amides is 1. The highest BCUT2D eigenvalue weighted by Gasteiger charge is 2.17. The first kappa shape index (κ1) is 19.3. The molecule has 142 valence electrons. The molecule has 2 aromatic rings. The van der Waals surface area contributed by atoms with Gasteiger partial charge >= 0.3 is 5.97 Å². The molecule has 1 amide bonds. The molecule has 0 saturated carbocycles. The Labute approximate surface area is 164 Å². The molecule has 1 aliphatic heterocycles. The van der Waals surface area contributed by atoms with Crippen molar-refractivity contribution >= 4 is 35.0 Å². The molecule has 27 heavy (non-hydrogen) atoms. The van der Waals surface area contributed by atoms with Crippen LogP contribution in [0.2, 0.25) is 0 Å². The molecular weight excluding hydrogens is 360 g/mol. The van der Waals surface area contributed by atoms with E-state index in [-0.39, 0.29) is 17.8 Å². The first-order valence-electron chi connectivity index (χ1n) is 9.15. The lowest BCUT2D eigenvalue weighted by atomic mass is 10.2. The van der Waals surface area contributed by atoms with Crippen molar-refractivity contribution in [3.63, 3.8) is 0 Å². The van der Waals surface area contributed by atoms with E-state index in [0.29, 0.717) is 5.69 Å². The summed E-state index contributed by atoms with van der Waals surface area (Å²) in [7, 11) is 0. The highest BCUT2D eigenvalue weighted by Crippen LogP contribution is 2.24. The molecule has 1 heterocycles. The Morgan fingerprint density at radius 3 is 2.41 bits per heavy atom. The molecule has 6 heteroatoms. The number of hydrogen-bond acceptors (Lipinski definition) is 5. The number of ether oxygens (including phenoxy) is 1. The van der Waals surface area contributed by atoms with E-state index in [1.54, 1.807) is 6.92 Å². The van der Waals surface area contributed by atoms with Crippen molar-refractivity contribution in [3.8, 4) is 0 Å². The third-order valence-electron chi connectivity index (χ3n) is 4.36. The van der Waals surface area contributed by atoms with Crippen LogP contribution in [0.5, 0.6) is 0 Å². The number of carbonyl (C=O) groups excluding carboxylic acids is 2. The van der Waals surface area contributed by atoms with Gasteiger partial charge in [0.15, 0.2) is 6.61 Å². The zero-order valence-electron chi connectivity index (χ0n) is 15.4. The fourth-order valence-corrected chi connectivity index (χ4v) is 3.82. The summed E-state index contributed by atoms with van der Waals surface area (Å²) in [4.78, 5) is 27.4. The average Bonchev–Trinajstić information content (AvgIpc) is 3.22. The number of nitrogens with one attached hydrogen (secondary N) is 1. The second-order valence-electron chi connectivity index (χ2n) is 6.47. The Morgan fingerprint density at radius 2 is 1.74 bits per heavy atom. The molecule has 5 nitrogen and oxygen atoms in total. The second-order valence-corrected chi connectivity index (χ2v) is 7.88. The highest BCUT2D eigenvalue weighted by molar-refractivity contribution is 8.00. The standard InChI is InChI=1S/C21H24N2O3S/c1-16(27-19-7-3-2-4-8-19)21(25)26-15-20(24)22-17-9-11-18(12-10-17)23-13-5-6-14-23/h2-4,7-12,16H,5-6,13-15H2,1H3,(H,22,24). The Hall–Kier alpha value is -2.47. The quantitative estimate of drug-likeness (QED) is 0.579. The van der Waals surface area contributed by atoms with Crippen LogP contribution in [-0.2, 0) is 14.3 Å². The van der Waals surface area contributed by atoms with Crippen LogP contribution in [0.3, 0.4) is 0 Å². The molecule has 2 aromatic carbocycles. The second kappa shape index (κ2) is 9.46. The molecule has 0 aromatic heterocycles. The first-order chi connectivity index (χ1) is 13.1. The summed E-state index contributed by atoms with van der Waals surface area (Å²) in [5.74, 6) is -0.738. The van der Waals surface area contributed by atoms with Gasteiger partial charge in [0.2, 0.25) is 0 Å². The van der Waals surface area contributed by atoms with Crippen LogP contribution < -0.4 is 10.2 Å². The number of carbonyl (C=O) groups is 2. The molecule has 1 saturated heterocycles. The van der Waals surface area contributed by atoms with Gasteiger partial charge in [-0.25, -0.2) is 0 Å². The smallest absolute Gasteiger partial charge is 0.319 e. The van der Waals surface area contributed by atoms with Gasteiger partial charge in [-0.1, -0.05) is 18.2 Å². The van der Waals surface area contributed by atoms with Crippen LogP contribution in [0, 0.1) is 0 Å². The monoisotopic (exact) mass is 384 g/mol. The van der Waals surface area contributed by atoms with E-state index in [9.17, 15) is 9.59 Å². The average molecular weight is 385 g/mol. The van der Waals surface area contributed by atoms with Gasteiger partial charge < -0.3 is 15.0 Å². The number of esters is 1. The molecule has 1 N–H and O–H groups in total. The van der Waals surface area contributed by atoms with Gasteiger partial charge in [0.25, 0.3) is 5.91 Å². The van der Waals surface area contributed by atoms with Crippen LogP contribution in [0.25, 0.3) is 0 Å². The minimum absolute atomic E-state index is 0.285. The van der Waals surface area contributed by atoms with Crippen LogP contribution in [-0.4, -0.2) is 36.8 Å². The summed E-state index contributed by atoms with van der Waals surface area (Å²) in [6, 6.07) is 17.4. The van der Waals surface area contributed by atoms with E-state index in [0.717, 1.165) is 18.0 Å². The summed E-state index contributed by atoms with van der Waals surface area (Å²) < 4.78 is 5.13. The number of anilines is 2. The van der Waals surface area contributed by atoms with Crippen molar-refractivity contribution in [1.29, 1.82) is 0 Å². The Kier molecular flexibility index (Phi) is 6.76. The van der Waals surface area contributed by atoms with Crippen LogP contribution in [0.15, 0.2) is 59.5 Å². The Morgan fingerprint density at radius 1 is 1.07 bits per heavy atom. The first-order valence-corrected chi connectivity index (χ1v) is 10.0. The maximum atomic E-state index is 12.1. The summed E-state index contributed by atoms with van der Waals surface area (Å²) in [5.41, 5.74) is 1.87. The van der Waals surface area contributed by atoms with Gasteiger partial charge in [-0.15, -0.1) is 11.8 Å². The largest absolute Gasteiger partial charge is 0.455 e. The maximum absolute atomic E-state index is 12.1. The van der Waals surface area contributed by atoms with Crippen LogP contribution in [0.1, 0.15) is 19.8 Å².